The number of benzene rings is 1. The van der Waals surface area contributed by atoms with Gasteiger partial charge in [-0.15, -0.1) is 0 Å². The van der Waals surface area contributed by atoms with Gasteiger partial charge in [0, 0.05) is 31.5 Å². The first-order valence-corrected chi connectivity index (χ1v) is 14.2. The largest absolute Gasteiger partial charge is 0.341 e. The van der Waals surface area contributed by atoms with Gasteiger partial charge in [0.2, 0.25) is 0 Å². The molecule has 7 nitrogen and oxygen atoms in total. The van der Waals surface area contributed by atoms with Gasteiger partial charge in [-0.1, -0.05) is 26.0 Å². The molecule has 5 rings (SSSR count). The van der Waals surface area contributed by atoms with E-state index in [9.17, 15) is 0 Å². The highest BCUT2D eigenvalue weighted by Gasteiger charge is 2.40. The fourth-order valence-corrected chi connectivity index (χ4v) is 6.59. The van der Waals surface area contributed by atoms with Crippen molar-refractivity contribution in [1.29, 1.82) is 0 Å². The van der Waals surface area contributed by atoms with Crippen molar-refractivity contribution >= 4 is 11.0 Å². The summed E-state index contributed by atoms with van der Waals surface area (Å²) in [4.78, 5) is 20.6. The molecule has 2 aromatic heterocycles. The lowest BCUT2D eigenvalue weighted by atomic mass is 9.77. The molecule has 0 unspecified atom stereocenters. The molecule has 196 valence electrons. The molecule has 0 saturated carbocycles. The standard InChI is InChI=1S/C29H45N7/c1-4-24(5-2)35-18-12-29(13-19-35)11-17-34(23-29)15-8-16-36-20-14-30-28(36)22-33(3)21-27-31-25-9-6-7-10-26(25)32-27/h6-7,9-10,14,20,24H,4-5,8,11-13,15-19,21-23H2,1-3H3,(H,31,32). The summed E-state index contributed by atoms with van der Waals surface area (Å²) in [6.07, 6.45) is 12.0. The van der Waals surface area contributed by atoms with E-state index in [0.717, 1.165) is 48.4 Å². The van der Waals surface area contributed by atoms with Crippen LogP contribution in [-0.2, 0) is 19.6 Å². The second-order valence-electron chi connectivity index (χ2n) is 11.3. The van der Waals surface area contributed by atoms with Gasteiger partial charge in [0.15, 0.2) is 0 Å². The number of fused-ring (bicyclic) bond motifs is 1. The number of nitrogens with zero attached hydrogens (tertiary/aromatic N) is 6. The lowest BCUT2D eigenvalue weighted by Gasteiger charge is -2.42. The first kappa shape index (κ1) is 25.4. The molecule has 0 amide bonds. The molecular weight excluding hydrogens is 446 g/mol. The number of likely N-dealkylation sites (tertiary alicyclic amines) is 2. The summed E-state index contributed by atoms with van der Waals surface area (Å²) >= 11 is 0. The number of hydrogen-bond acceptors (Lipinski definition) is 5. The minimum Gasteiger partial charge on any atom is -0.341 e. The normalized spacial score (nSPS) is 18.9. The molecule has 7 heteroatoms. The Morgan fingerprint density at radius 3 is 2.58 bits per heavy atom. The van der Waals surface area contributed by atoms with E-state index in [1.54, 1.807) is 0 Å². The van der Waals surface area contributed by atoms with Crippen molar-refractivity contribution in [2.24, 2.45) is 5.41 Å². The molecule has 3 aromatic rings. The van der Waals surface area contributed by atoms with Crippen LogP contribution in [0.2, 0.25) is 0 Å². The number of piperidine rings is 1. The van der Waals surface area contributed by atoms with E-state index < -0.39 is 0 Å². The molecule has 2 aliphatic heterocycles. The summed E-state index contributed by atoms with van der Waals surface area (Å²) in [5.74, 6) is 2.14. The van der Waals surface area contributed by atoms with E-state index in [2.05, 4.69) is 68.5 Å². The number of aromatic amines is 1. The highest BCUT2D eigenvalue weighted by atomic mass is 15.2. The van der Waals surface area contributed by atoms with Crippen LogP contribution in [0.1, 0.15) is 64.0 Å². The predicted octanol–water partition coefficient (Wildman–Crippen LogP) is 4.76. The highest BCUT2D eigenvalue weighted by Crippen LogP contribution is 2.41. The number of para-hydroxylation sites is 2. The van der Waals surface area contributed by atoms with E-state index in [4.69, 9.17) is 4.98 Å². The SMILES string of the molecule is CCC(CC)N1CCC2(CCN(CCCn3ccnc3CN(C)Cc3nc4ccccc4[nH]3)C2)CC1. The molecule has 2 aliphatic rings. The molecule has 4 heterocycles. The summed E-state index contributed by atoms with van der Waals surface area (Å²) < 4.78 is 2.34. The van der Waals surface area contributed by atoms with Crippen molar-refractivity contribution in [3.05, 3.63) is 48.3 Å². The van der Waals surface area contributed by atoms with Crippen LogP contribution < -0.4 is 0 Å². The van der Waals surface area contributed by atoms with Crippen LogP contribution in [0.15, 0.2) is 36.7 Å². The Labute approximate surface area is 216 Å². The van der Waals surface area contributed by atoms with Crippen LogP contribution in [0.3, 0.4) is 0 Å². The van der Waals surface area contributed by atoms with Crippen LogP contribution in [0, 0.1) is 5.41 Å². The summed E-state index contributed by atoms with van der Waals surface area (Å²) in [6.45, 7) is 13.7. The average molecular weight is 492 g/mol. The van der Waals surface area contributed by atoms with Crippen molar-refractivity contribution in [2.45, 2.75) is 78.0 Å². The van der Waals surface area contributed by atoms with E-state index in [1.165, 1.54) is 71.2 Å². The minimum atomic E-state index is 0.585. The van der Waals surface area contributed by atoms with Crippen LogP contribution >= 0.6 is 0 Å². The highest BCUT2D eigenvalue weighted by molar-refractivity contribution is 5.74. The molecule has 1 aromatic carbocycles. The van der Waals surface area contributed by atoms with Crippen molar-refractivity contribution in [2.75, 3.05) is 39.8 Å². The number of rotatable bonds is 11. The van der Waals surface area contributed by atoms with Gasteiger partial charge in [-0.3, -0.25) is 4.90 Å². The fraction of sp³-hybridized carbons (Fsp3) is 0.655. The Hall–Kier alpha value is -2.22. The van der Waals surface area contributed by atoms with Crippen molar-refractivity contribution in [3.63, 3.8) is 0 Å². The molecule has 1 N–H and O–H groups in total. The zero-order chi connectivity index (χ0) is 25.0. The van der Waals surface area contributed by atoms with Crippen LogP contribution in [0.4, 0.5) is 0 Å². The lowest BCUT2D eigenvalue weighted by Crippen LogP contribution is -2.45. The van der Waals surface area contributed by atoms with Crippen molar-refractivity contribution in [3.8, 4) is 0 Å². The molecule has 0 bridgehead atoms. The number of aromatic nitrogens is 4. The van der Waals surface area contributed by atoms with E-state index in [0.29, 0.717) is 5.41 Å². The third-order valence-corrected chi connectivity index (χ3v) is 8.78. The van der Waals surface area contributed by atoms with Crippen molar-refractivity contribution < 1.29 is 0 Å². The van der Waals surface area contributed by atoms with Gasteiger partial charge in [-0.05, 0) is 89.3 Å². The van der Waals surface area contributed by atoms with Gasteiger partial charge in [0.1, 0.15) is 11.6 Å². The maximum absolute atomic E-state index is 4.72. The Morgan fingerprint density at radius 2 is 1.81 bits per heavy atom. The molecule has 0 aliphatic carbocycles. The average Bonchev–Trinajstić information content (AvgIpc) is 3.60. The smallest absolute Gasteiger partial charge is 0.122 e. The molecule has 1 spiro atoms. The third-order valence-electron chi connectivity index (χ3n) is 8.78. The zero-order valence-corrected chi connectivity index (χ0v) is 22.6. The van der Waals surface area contributed by atoms with E-state index in [-0.39, 0.29) is 0 Å². The topological polar surface area (TPSA) is 56.2 Å². The Bertz CT molecular complexity index is 1060. The van der Waals surface area contributed by atoms with E-state index >= 15 is 0 Å². The Morgan fingerprint density at radius 1 is 1.03 bits per heavy atom. The number of aryl methyl sites for hydroxylation is 1. The predicted molar refractivity (Wildman–Crippen MR) is 147 cm³/mol. The molecule has 0 atom stereocenters. The van der Waals surface area contributed by atoms with Gasteiger partial charge in [0.05, 0.1) is 24.1 Å². The minimum absolute atomic E-state index is 0.585. The van der Waals surface area contributed by atoms with Crippen LogP contribution in [0.25, 0.3) is 11.0 Å². The molecule has 36 heavy (non-hydrogen) atoms. The molecule has 2 saturated heterocycles. The van der Waals surface area contributed by atoms with Crippen LogP contribution in [0.5, 0.6) is 0 Å². The number of imidazole rings is 2. The molecule has 0 radical (unpaired) electrons. The molecule has 2 fully saturated rings. The summed E-state index contributed by atoms with van der Waals surface area (Å²) in [6, 6.07) is 9.01. The fourth-order valence-electron chi connectivity index (χ4n) is 6.59. The molecular formula is C29H45N7. The number of H-pyrrole nitrogens is 1. The summed E-state index contributed by atoms with van der Waals surface area (Å²) in [7, 11) is 2.14. The maximum Gasteiger partial charge on any atom is 0.122 e. The van der Waals surface area contributed by atoms with E-state index in [1.807, 2.05) is 18.3 Å². The Balaban J connectivity index is 1.06. The quantitative estimate of drug-likeness (QED) is 0.419. The zero-order valence-electron chi connectivity index (χ0n) is 22.6. The first-order chi connectivity index (χ1) is 17.6. The van der Waals surface area contributed by atoms with Crippen molar-refractivity contribution in [1.82, 2.24) is 34.2 Å². The number of hydrogen-bond donors (Lipinski definition) is 1. The van der Waals surface area contributed by atoms with Gasteiger partial charge in [-0.2, -0.15) is 0 Å². The second-order valence-corrected chi connectivity index (χ2v) is 11.3. The van der Waals surface area contributed by atoms with Gasteiger partial charge < -0.3 is 19.4 Å². The van der Waals surface area contributed by atoms with Crippen LogP contribution in [-0.4, -0.2) is 80.0 Å². The second kappa shape index (κ2) is 11.4. The third kappa shape index (κ3) is 5.84. The lowest BCUT2D eigenvalue weighted by molar-refractivity contribution is 0.0728. The van der Waals surface area contributed by atoms with Gasteiger partial charge in [0.25, 0.3) is 0 Å². The van der Waals surface area contributed by atoms with Gasteiger partial charge in [-0.25, -0.2) is 9.97 Å². The monoisotopic (exact) mass is 491 g/mol. The summed E-state index contributed by atoms with van der Waals surface area (Å²) in [5.41, 5.74) is 2.72. The van der Waals surface area contributed by atoms with Gasteiger partial charge >= 0.3 is 0 Å². The maximum atomic E-state index is 4.72. The number of nitrogens with one attached hydrogen (secondary N) is 1. The Kier molecular flexibility index (Phi) is 8.09. The summed E-state index contributed by atoms with van der Waals surface area (Å²) in [5, 5.41) is 0. The first-order valence-electron chi connectivity index (χ1n) is 14.2.